The van der Waals surface area contributed by atoms with E-state index in [1.807, 2.05) is 0 Å². The van der Waals surface area contributed by atoms with E-state index in [4.69, 9.17) is 4.84 Å². The van der Waals surface area contributed by atoms with Crippen LogP contribution in [0.3, 0.4) is 0 Å². The van der Waals surface area contributed by atoms with Crippen molar-refractivity contribution >= 4 is 20.9 Å². The molecule has 6 heteroatoms. The number of hydrogen-bond acceptors (Lipinski definition) is 4. The summed E-state index contributed by atoms with van der Waals surface area (Å²) in [6.45, 7) is 5.29. The van der Waals surface area contributed by atoms with Gasteiger partial charge in [-0.25, -0.2) is 8.42 Å². The topological polar surface area (TPSA) is 68.3 Å². The highest BCUT2D eigenvalue weighted by atomic mass is 32.2. The van der Waals surface area contributed by atoms with Gasteiger partial charge in [0.05, 0.1) is 16.0 Å². The lowest BCUT2D eigenvalue weighted by Crippen LogP contribution is -2.33. The molecule has 0 amide bonds. The Kier molecular flexibility index (Phi) is 3.58. The third-order valence-electron chi connectivity index (χ3n) is 2.35. The molecule has 0 aliphatic rings. The van der Waals surface area contributed by atoms with Crippen molar-refractivity contribution in [2.75, 3.05) is 0 Å². The van der Waals surface area contributed by atoms with E-state index in [1.165, 1.54) is 6.07 Å². The van der Waals surface area contributed by atoms with Crippen LogP contribution in [0.5, 0.6) is 0 Å². The fourth-order valence-electron chi connectivity index (χ4n) is 1.53. The zero-order chi connectivity index (χ0) is 14.1. The Morgan fingerprint density at radius 3 is 2.58 bits per heavy atom. The molecule has 0 bridgehead atoms. The summed E-state index contributed by atoms with van der Waals surface area (Å²) in [7, 11) is -3.73. The summed E-state index contributed by atoms with van der Waals surface area (Å²) in [6.07, 6.45) is 1.62. The SMILES string of the molecule is CC(C)(C)ONS(=O)(=O)c1cccc2ncccc12. The summed E-state index contributed by atoms with van der Waals surface area (Å²) >= 11 is 0. The van der Waals surface area contributed by atoms with Gasteiger partial charge in [-0.1, -0.05) is 11.0 Å². The Morgan fingerprint density at radius 1 is 1.16 bits per heavy atom. The van der Waals surface area contributed by atoms with Crippen LogP contribution < -0.4 is 4.89 Å². The largest absolute Gasteiger partial charge is 0.281 e. The molecule has 2 rings (SSSR count). The Bertz CT molecular complexity index is 685. The molecule has 0 aliphatic heterocycles. The molecule has 0 saturated carbocycles. The van der Waals surface area contributed by atoms with E-state index in [-0.39, 0.29) is 4.90 Å². The third kappa shape index (κ3) is 3.28. The van der Waals surface area contributed by atoms with E-state index < -0.39 is 15.6 Å². The van der Waals surface area contributed by atoms with Gasteiger partial charge in [0.1, 0.15) is 0 Å². The monoisotopic (exact) mass is 280 g/mol. The van der Waals surface area contributed by atoms with Crippen LogP contribution in [0.4, 0.5) is 0 Å². The maximum atomic E-state index is 12.2. The second-order valence-corrected chi connectivity index (χ2v) is 6.74. The Hall–Kier alpha value is -1.50. The molecular weight excluding hydrogens is 264 g/mol. The third-order valence-corrected chi connectivity index (χ3v) is 3.59. The smallest absolute Gasteiger partial charge is 0.263 e. The van der Waals surface area contributed by atoms with E-state index >= 15 is 0 Å². The number of pyridine rings is 1. The molecular formula is C13H16N2O3S. The van der Waals surface area contributed by atoms with Crippen molar-refractivity contribution in [2.24, 2.45) is 0 Å². The van der Waals surface area contributed by atoms with Crippen LogP contribution in [-0.4, -0.2) is 19.0 Å². The van der Waals surface area contributed by atoms with Gasteiger partial charge < -0.3 is 0 Å². The standard InChI is InChI=1S/C13H16N2O3S/c1-13(2,3)18-15-19(16,17)12-8-4-7-11-10(12)6-5-9-14-11/h4-9,15H,1-3H3. The molecule has 1 aromatic carbocycles. The van der Waals surface area contributed by atoms with E-state index in [1.54, 1.807) is 51.2 Å². The summed E-state index contributed by atoms with van der Waals surface area (Å²) in [4.78, 5) is 11.6. The van der Waals surface area contributed by atoms with Crippen molar-refractivity contribution in [2.45, 2.75) is 31.3 Å². The molecule has 0 spiro atoms. The van der Waals surface area contributed by atoms with Crippen molar-refractivity contribution in [3.05, 3.63) is 36.5 Å². The molecule has 1 aromatic heterocycles. The van der Waals surface area contributed by atoms with Gasteiger partial charge in [-0.15, -0.1) is 0 Å². The molecule has 0 atom stereocenters. The highest BCUT2D eigenvalue weighted by Gasteiger charge is 2.21. The van der Waals surface area contributed by atoms with Crippen molar-refractivity contribution in [3.63, 3.8) is 0 Å². The van der Waals surface area contributed by atoms with E-state index in [0.717, 1.165) is 0 Å². The Balaban J connectivity index is 2.44. The van der Waals surface area contributed by atoms with Gasteiger partial charge in [0, 0.05) is 11.6 Å². The van der Waals surface area contributed by atoms with Gasteiger partial charge in [-0.2, -0.15) is 0 Å². The first-order valence-corrected chi connectivity index (χ1v) is 7.31. The Labute approximate surface area is 112 Å². The van der Waals surface area contributed by atoms with Crippen LogP contribution in [0.25, 0.3) is 10.9 Å². The zero-order valence-electron chi connectivity index (χ0n) is 11.0. The predicted molar refractivity (Wildman–Crippen MR) is 72.9 cm³/mol. The van der Waals surface area contributed by atoms with Gasteiger partial charge in [-0.3, -0.25) is 9.82 Å². The summed E-state index contributed by atoms with van der Waals surface area (Å²) in [6, 6.07) is 8.36. The van der Waals surface area contributed by atoms with Crippen LogP contribution in [0.1, 0.15) is 20.8 Å². The number of nitrogens with one attached hydrogen (secondary N) is 1. The fourth-order valence-corrected chi connectivity index (χ4v) is 2.70. The van der Waals surface area contributed by atoms with Gasteiger partial charge >= 0.3 is 0 Å². The van der Waals surface area contributed by atoms with Crippen molar-refractivity contribution < 1.29 is 13.3 Å². The van der Waals surface area contributed by atoms with Crippen LogP contribution >= 0.6 is 0 Å². The zero-order valence-corrected chi connectivity index (χ0v) is 11.9. The number of hydrogen-bond donors (Lipinski definition) is 1. The molecule has 0 aliphatic carbocycles. The molecule has 0 radical (unpaired) electrons. The van der Waals surface area contributed by atoms with Crippen molar-refractivity contribution in [3.8, 4) is 0 Å². The first-order valence-electron chi connectivity index (χ1n) is 5.83. The summed E-state index contributed by atoms with van der Waals surface area (Å²) < 4.78 is 24.5. The number of rotatable bonds is 3. The Morgan fingerprint density at radius 2 is 1.89 bits per heavy atom. The van der Waals surface area contributed by atoms with E-state index in [2.05, 4.69) is 9.87 Å². The molecule has 0 fully saturated rings. The van der Waals surface area contributed by atoms with Crippen molar-refractivity contribution in [1.29, 1.82) is 0 Å². The number of nitrogens with zero attached hydrogens (tertiary/aromatic N) is 1. The molecule has 0 saturated heterocycles. The molecule has 19 heavy (non-hydrogen) atoms. The summed E-state index contributed by atoms with van der Waals surface area (Å²) in [5, 5.41) is 0.565. The lowest BCUT2D eigenvalue weighted by atomic mass is 10.2. The average molecular weight is 280 g/mol. The number of aromatic nitrogens is 1. The van der Waals surface area contributed by atoms with Gasteiger partial charge in [0.15, 0.2) is 0 Å². The average Bonchev–Trinajstić information content (AvgIpc) is 2.35. The van der Waals surface area contributed by atoms with Gasteiger partial charge in [-0.05, 0) is 45.0 Å². The molecule has 1 heterocycles. The second kappa shape index (κ2) is 4.88. The predicted octanol–water partition coefficient (Wildman–Crippen LogP) is 2.24. The van der Waals surface area contributed by atoms with Crippen LogP contribution in [0.2, 0.25) is 0 Å². The fraction of sp³-hybridized carbons (Fsp3) is 0.308. The minimum Gasteiger partial charge on any atom is -0.281 e. The second-order valence-electron chi connectivity index (χ2n) is 5.13. The maximum absolute atomic E-state index is 12.2. The highest BCUT2D eigenvalue weighted by Crippen LogP contribution is 2.21. The minimum absolute atomic E-state index is 0.155. The van der Waals surface area contributed by atoms with Crippen LogP contribution in [0, 0.1) is 0 Å². The summed E-state index contributed by atoms with van der Waals surface area (Å²) in [5.41, 5.74) is 0.0248. The molecule has 1 N–H and O–H groups in total. The highest BCUT2D eigenvalue weighted by molar-refractivity contribution is 7.89. The van der Waals surface area contributed by atoms with Crippen LogP contribution in [-0.2, 0) is 14.9 Å². The van der Waals surface area contributed by atoms with E-state index in [9.17, 15) is 8.42 Å². The summed E-state index contributed by atoms with van der Waals surface area (Å²) in [5.74, 6) is 0. The van der Waals surface area contributed by atoms with E-state index in [0.29, 0.717) is 10.9 Å². The maximum Gasteiger partial charge on any atom is 0.263 e. The number of sulfonamides is 1. The first kappa shape index (κ1) is 13.9. The molecule has 0 unspecified atom stereocenters. The van der Waals surface area contributed by atoms with Gasteiger partial charge in [0.2, 0.25) is 0 Å². The molecule has 102 valence electrons. The normalized spacial score (nSPS) is 12.8. The van der Waals surface area contributed by atoms with Crippen LogP contribution in [0.15, 0.2) is 41.4 Å². The molecule has 2 aromatic rings. The van der Waals surface area contributed by atoms with Crippen molar-refractivity contribution in [1.82, 2.24) is 9.87 Å². The number of fused-ring (bicyclic) bond motifs is 1. The quantitative estimate of drug-likeness (QED) is 0.875. The lowest BCUT2D eigenvalue weighted by molar-refractivity contribution is -0.0357. The minimum atomic E-state index is -3.73. The first-order chi connectivity index (χ1) is 8.80. The lowest BCUT2D eigenvalue weighted by Gasteiger charge is -2.19. The number of benzene rings is 1. The van der Waals surface area contributed by atoms with Gasteiger partial charge in [0.25, 0.3) is 10.0 Å². The molecule has 5 nitrogen and oxygen atoms in total.